The van der Waals surface area contributed by atoms with E-state index >= 15 is 0 Å². The monoisotopic (exact) mass is 716 g/mol. The van der Waals surface area contributed by atoms with Crippen LogP contribution in [-0.4, -0.2) is 65.0 Å². The molecule has 13 heteroatoms. The number of nitrogens with zero attached hydrogens (tertiary/aromatic N) is 3. The first kappa shape index (κ1) is 34.0. The average molecular weight is 717 g/mol. The second-order valence-electron chi connectivity index (χ2n) is 13.1. The fraction of sp³-hybridized carbons (Fsp3) is 0.500. The Balaban J connectivity index is 1.51. The SMILES string of the molecule is CCC1(CC)COc2c(C3=[N+]([O-])C(C)(C)C(C)(C)N3[O])sc(-c3sc(-c4ccc(-c5sc(SC)cc5OC)n4C)cc3OC)c2OC1. The van der Waals surface area contributed by atoms with Crippen LogP contribution in [0.15, 0.2) is 28.5 Å². The van der Waals surface area contributed by atoms with Gasteiger partial charge in [-0.05, 0) is 58.9 Å². The minimum atomic E-state index is -0.969. The van der Waals surface area contributed by atoms with Gasteiger partial charge in [0.05, 0.1) is 62.5 Å². The number of fused-ring (bicyclic) bond motifs is 1. The first-order valence-electron chi connectivity index (χ1n) is 15.6. The third-order valence-electron chi connectivity index (χ3n) is 10.3. The average Bonchev–Trinajstić information content (AvgIpc) is 3.84. The number of ether oxygens (including phenoxy) is 4. The van der Waals surface area contributed by atoms with Crippen molar-refractivity contribution < 1.29 is 28.9 Å². The minimum absolute atomic E-state index is 0.0499. The Morgan fingerprint density at radius 1 is 0.894 bits per heavy atom. The summed E-state index contributed by atoms with van der Waals surface area (Å²) in [5.41, 5.74) is -0.0465. The molecule has 47 heavy (non-hydrogen) atoms. The Bertz CT molecular complexity index is 1840. The molecule has 9 nitrogen and oxygen atoms in total. The van der Waals surface area contributed by atoms with Gasteiger partial charge in [0.25, 0.3) is 0 Å². The smallest absolute Gasteiger partial charge is 0.330 e. The van der Waals surface area contributed by atoms with Gasteiger partial charge in [0.15, 0.2) is 21.9 Å². The number of hydrogen-bond donors (Lipinski definition) is 0. The zero-order valence-corrected chi connectivity index (χ0v) is 31.8. The molecule has 0 aromatic carbocycles. The summed E-state index contributed by atoms with van der Waals surface area (Å²) in [5.74, 6) is 2.59. The fourth-order valence-electron chi connectivity index (χ4n) is 5.98. The third-order valence-corrected chi connectivity index (χ3v) is 15.0. The van der Waals surface area contributed by atoms with E-state index in [0.29, 0.717) is 35.3 Å². The van der Waals surface area contributed by atoms with Crippen molar-refractivity contribution in [1.82, 2.24) is 9.63 Å². The van der Waals surface area contributed by atoms with E-state index < -0.39 is 11.1 Å². The van der Waals surface area contributed by atoms with Crippen molar-refractivity contribution in [3.63, 3.8) is 0 Å². The number of amidine groups is 1. The van der Waals surface area contributed by atoms with Crippen LogP contribution in [0.2, 0.25) is 0 Å². The van der Waals surface area contributed by atoms with E-state index in [1.165, 1.54) is 15.5 Å². The molecule has 0 unspecified atom stereocenters. The van der Waals surface area contributed by atoms with Crippen LogP contribution in [0.3, 0.4) is 0 Å². The Morgan fingerprint density at radius 2 is 1.49 bits per heavy atom. The van der Waals surface area contributed by atoms with E-state index in [4.69, 9.17) is 18.9 Å². The molecule has 2 aliphatic rings. The second-order valence-corrected chi connectivity index (χ2v) is 17.3. The first-order valence-corrected chi connectivity index (χ1v) is 19.3. The highest BCUT2D eigenvalue weighted by molar-refractivity contribution is 8.00. The number of rotatable bonds is 9. The normalized spacial score (nSPS) is 18.1. The van der Waals surface area contributed by atoms with Gasteiger partial charge >= 0.3 is 5.84 Å². The summed E-state index contributed by atoms with van der Waals surface area (Å²) in [6.07, 6.45) is 3.81. The van der Waals surface area contributed by atoms with Crippen molar-refractivity contribution in [2.75, 3.05) is 33.7 Å². The number of hydroxylamine groups is 3. The van der Waals surface area contributed by atoms with Gasteiger partial charge < -0.3 is 28.7 Å². The van der Waals surface area contributed by atoms with Crippen LogP contribution >= 0.6 is 45.8 Å². The Labute approximate surface area is 292 Å². The maximum absolute atomic E-state index is 13.9. The second kappa shape index (κ2) is 12.2. The molecule has 2 aliphatic heterocycles. The number of thioether (sulfide) groups is 1. The van der Waals surface area contributed by atoms with Crippen molar-refractivity contribution in [2.24, 2.45) is 12.5 Å². The molecule has 6 heterocycles. The molecule has 0 amide bonds. The van der Waals surface area contributed by atoms with E-state index in [-0.39, 0.29) is 11.3 Å². The Kier molecular flexibility index (Phi) is 8.87. The standard InChI is InChI=1S/C34H42N3O6S4/c1-11-34(12-2)17-42-25-26(43-18-34)30(31-36(38)32(3,4)33(5,6)37(31)39)47-29(25)28-21(40-8)15-23(45-28)19-13-14-20(35(19)7)27-22(41-9)16-24(44-10)46-27/h13-16H,11-12,17-18H2,1-10H3. The zero-order valence-electron chi connectivity index (χ0n) is 28.6. The molecule has 1 radical (unpaired) electrons. The predicted molar refractivity (Wildman–Crippen MR) is 193 cm³/mol. The van der Waals surface area contributed by atoms with Crippen LogP contribution in [0.1, 0.15) is 59.3 Å². The maximum atomic E-state index is 13.9. The molecule has 0 bridgehead atoms. The van der Waals surface area contributed by atoms with Gasteiger partial charge in [-0.25, -0.2) is 0 Å². The van der Waals surface area contributed by atoms with Crippen LogP contribution in [0.5, 0.6) is 23.0 Å². The summed E-state index contributed by atoms with van der Waals surface area (Å²) in [6.45, 7) is 12.4. The van der Waals surface area contributed by atoms with Crippen LogP contribution in [-0.2, 0) is 12.3 Å². The first-order chi connectivity index (χ1) is 22.3. The van der Waals surface area contributed by atoms with E-state index in [0.717, 1.165) is 59.3 Å². The van der Waals surface area contributed by atoms with Crippen LogP contribution in [0.25, 0.3) is 30.9 Å². The molecule has 0 aliphatic carbocycles. The highest BCUT2D eigenvalue weighted by Gasteiger charge is 2.61. The largest absolute Gasteiger partial charge is 0.714 e. The number of aromatic nitrogens is 1. The van der Waals surface area contributed by atoms with Gasteiger partial charge in [-0.3, -0.25) is 4.74 Å². The molecular weight excluding hydrogens is 675 g/mol. The van der Waals surface area contributed by atoms with E-state index in [1.54, 1.807) is 76.4 Å². The predicted octanol–water partition coefficient (Wildman–Crippen LogP) is 9.00. The molecule has 4 aromatic rings. The van der Waals surface area contributed by atoms with Gasteiger partial charge in [0, 0.05) is 29.8 Å². The zero-order chi connectivity index (χ0) is 34.1. The number of methoxy groups -OCH3 is 2. The Hall–Kier alpha value is -2.84. The maximum Gasteiger partial charge on any atom is 0.330 e. The topological polar surface area (TPSA) is 91.1 Å². The lowest BCUT2D eigenvalue weighted by Crippen LogP contribution is -2.53. The van der Waals surface area contributed by atoms with E-state index in [1.807, 2.05) is 6.07 Å². The minimum Gasteiger partial charge on any atom is -0.714 e. The number of hydrogen-bond acceptors (Lipinski definition) is 10. The van der Waals surface area contributed by atoms with Crippen molar-refractivity contribution in [3.05, 3.63) is 34.3 Å². The van der Waals surface area contributed by atoms with Crippen LogP contribution in [0.4, 0.5) is 0 Å². The van der Waals surface area contributed by atoms with Crippen LogP contribution < -0.4 is 18.9 Å². The van der Waals surface area contributed by atoms with E-state index in [2.05, 4.69) is 49.9 Å². The summed E-state index contributed by atoms with van der Waals surface area (Å²) >= 11 is 6.35. The molecule has 0 N–H and O–H groups in total. The number of thiophene rings is 3. The van der Waals surface area contributed by atoms with Crippen molar-refractivity contribution in [3.8, 4) is 53.9 Å². The van der Waals surface area contributed by atoms with Crippen molar-refractivity contribution in [2.45, 2.75) is 69.7 Å². The van der Waals surface area contributed by atoms with Crippen molar-refractivity contribution in [1.29, 1.82) is 0 Å². The Morgan fingerprint density at radius 3 is 2.04 bits per heavy atom. The highest BCUT2D eigenvalue weighted by atomic mass is 32.2. The molecule has 253 valence electrons. The van der Waals surface area contributed by atoms with Gasteiger partial charge in [-0.1, -0.05) is 18.9 Å². The lowest BCUT2D eigenvalue weighted by molar-refractivity contribution is -0.539. The van der Waals surface area contributed by atoms with Gasteiger partial charge in [0.2, 0.25) is 0 Å². The quantitative estimate of drug-likeness (QED) is 0.0970. The van der Waals surface area contributed by atoms with Gasteiger partial charge in [-0.15, -0.1) is 45.8 Å². The summed E-state index contributed by atoms with van der Waals surface area (Å²) in [6, 6.07) is 8.35. The van der Waals surface area contributed by atoms with Gasteiger partial charge in [-0.2, -0.15) is 0 Å². The van der Waals surface area contributed by atoms with Gasteiger partial charge in [0.1, 0.15) is 17.0 Å². The molecule has 0 fully saturated rings. The molecule has 0 spiro atoms. The van der Waals surface area contributed by atoms with E-state index in [9.17, 15) is 10.4 Å². The summed E-state index contributed by atoms with van der Waals surface area (Å²) in [7, 11) is 5.42. The van der Waals surface area contributed by atoms with Crippen LogP contribution in [0, 0.1) is 10.6 Å². The molecule has 6 rings (SSSR count). The molecule has 4 aromatic heterocycles. The summed E-state index contributed by atoms with van der Waals surface area (Å²) in [4.78, 5) is 4.20. The molecule has 0 atom stereocenters. The third kappa shape index (κ3) is 5.15. The lowest BCUT2D eigenvalue weighted by atomic mass is 9.84. The highest BCUT2D eigenvalue weighted by Crippen LogP contribution is 2.57. The molecule has 0 saturated carbocycles. The molecular formula is C34H42N3O6S4. The summed E-state index contributed by atoms with van der Waals surface area (Å²) in [5, 5.41) is 28.6. The van der Waals surface area contributed by atoms with Crippen molar-refractivity contribution >= 4 is 51.6 Å². The molecule has 0 saturated heterocycles. The lowest BCUT2D eigenvalue weighted by Gasteiger charge is -2.32. The summed E-state index contributed by atoms with van der Waals surface area (Å²) < 4.78 is 29.1. The fourth-order valence-corrected chi connectivity index (χ4v) is 10.2.